The van der Waals surface area contributed by atoms with Gasteiger partial charge in [0.05, 0.1) is 17.0 Å². The highest BCUT2D eigenvalue weighted by Gasteiger charge is 2.49. The molecular weight excluding hydrogens is 397 g/mol. The number of rotatable bonds is 5. The quantitative estimate of drug-likeness (QED) is 0.723. The molecule has 0 spiro atoms. The van der Waals surface area contributed by atoms with E-state index >= 15 is 0 Å². The molecule has 2 N–H and O–H groups in total. The van der Waals surface area contributed by atoms with E-state index in [4.69, 9.17) is 5.73 Å². The monoisotopic (exact) mass is 421 g/mol. The normalized spacial score (nSPS) is 28.6. The first-order valence-corrected chi connectivity index (χ1v) is 11.2. The molecule has 3 fully saturated rings. The SMILES string of the molecule is N#C[C@@H]1CCCN1C(=O)[C@@H](N)CN1C[C@H]2C[C@@H]1CN2S(=O)(=O)c1cccc(F)c1. The largest absolute Gasteiger partial charge is 0.325 e. The minimum atomic E-state index is -3.76. The van der Waals surface area contributed by atoms with Crippen molar-refractivity contribution in [2.75, 3.05) is 26.2 Å². The Labute approximate surface area is 169 Å². The number of halogens is 1. The van der Waals surface area contributed by atoms with Crippen molar-refractivity contribution in [3.8, 4) is 6.07 Å². The Bertz CT molecular complexity index is 949. The van der Waals surface area contributed by atoms with Crippen molar-refractivity contribution < 1.29 is 17.6 Å². The first kappa shape index (κ1) is 20.2. The Balaban J connectivity index is 1.39. The Morgan fingerprint density at radius 1 is 1.34 bits per heavy atom. The molecule has 3 heterocycles. The first-order chi connectivity index (χ1) is 13.8. The number of amides is 1. The molecule has 2 bridgehead atoms. The van der Waals surface area contributed by atoms with Crippen LogP contribution in [0.15, 0.2) is 29.2 Å². The minimum absolute atomic E-state index is 0.0208. The summed E-state index contributed by atoms with van der Waals surface area (Å²) < 4.78 is 40.7. The van der Waals surface area contributed by atoms with Crippen LogP contribution in [0.2, 0.25) is 0 Å². The summed E-state index contributed by atoms with van der Waals surface area (Å²) in [5.41, 5.74) is 6.14. The molecule has 0 radical (unpaired) electrons. The van der Waals surface area contributed by atoms with Crippen molar-refractivity contribution >= 4 is 15.9 Å². The highest BCUT2D eigenvalue weighted by molar-refractivity contribution is 7.89. The van der Waals surface area contributed by atoms with Gasteiger partial charge >= 0.3 is 0 Å². The first-order valence-electron chi connectivity index (χ1n) is 9.78. The lowest BCUT2D eigenvalue weighted by atomic mass is 10.2. The number of fused-ring (bicyclic) bond motifs is 2. The molecular formula is C19H24FN5O3S. The number of piperazine rings is 1. The van der Waals surface area contributed by atoms with Crippen LogP contribution in [0.3, 0.4) is 0 Å². The molecule has 0 unspecified atom stereocenters. The zero-order valence-corrected chi connectivity index (χ0v) is 16.8. The number of sulfonamides is 1. The van der Waals surface area contributed by atoms with Crippen molar-refractivity contribution in [3.63, 3.8) is 0 Å². The number of carbonyl (C=O) groups is 1. The van der Waals surface area contributed by atoms with Crippen LogP contribution < -0.4 is 5.73 Å². The maximum atomic E-state index is 13.5. The van der Waals surface area contributed by atoms with Gasteiger partial charge < -0.3 is 10.6 Å². The summed E-state index contributed by atoms with van der Waals surface area (Å²) in [7, 11) is -3.76. The van der Waals surface area contributed by atoms with E-state index in [2.05, 4.69) is 11.0 Å². The smallest absolute Gasteiger partial charge is 0.243 e. The molecule has 4 atom stereocenters. The van der Waals surface area contributed by atoms with Crippen LogP contribution in [0.5, 0.6) is 0 Å². The van der Waals surface area contributed by atoms with Gasteiger partial charge in [-0.1, -0.05) is 6.07 Å². The topological polar surface area (TPSA) is 111 Å². The average Bonchev–Trinajstić information content (AvgIpc) is 3.42. The molecule has 1 aromatic rings. The predicted octanol–water partition coefficient (Wildman–Crippen LogP) is 0.115. The number of carbonyl (C=O) groups excluding carboxylic acids is 1. The second-order valence-corrected chi connectivity index (χ2v) is 9.85. The van der Waals surface area contributed by atoms with E-state index in [1.807, 2.05) is 0 Å². The molecule has 3 aliphatic heterocycles. The van der Waals surface area contributed by atoms with E-state index in [1.54, 1.807) is 4.90 Å². The Hall–Kier alpha value is -2.06. The summed E-state index contributed by atoms with van der Waals surface area (Å²) in [6, 6.07) is 5.81. The van der Waals surface area contributed by atoms with E-state index in [0.717, 1.165) is 12.5 Å². The molecule has 8 nitrogen and oxygen atoms in total. The van der Waals surface area contributed by atoms with Crippen LogP contribution in [-0.4, -0.2) is 78.8 Å². The van der Waals surface area contributed by atoms with Crippen molar-refractivity contribution in [1.29, 1.82) is 5.26 Å². The van der Waals surface area contributed by atoms with Gasteiger partial charge in [-0.15, -0.1) is 0 Å². The van der Waals surface area contributed by atoms with Crippen molar-refractivity contribution in [2.45, 2.75) is 48.3 Å². The maximum Gasteiger partial charge on any atom is 0.243 e. The van der Waals surface area contributed by atoms with Crippen LogP contribution in [0, 0.1) is 17.1 Å². The fourth-order valence-corrected chi connectivity index (χ4v) is 6.40. The number of hydrogen-bond donors (Lipinski definition) is 1. The predicted molar refractivity (Wildman–Crippen MR) is 102 cm³/mol. The molecule has 4 rings (SSSR count). The molecule has 1 amide bonds. The zero-order chi connectivity index (χ0) is 20.8. The average molecular weight is 421 g/mol. The third-order valence-corrected chi connectivity index (χ3v) is 8.05. The molecule has 156 valence electrons. The van der Waals surface area contributed by atoms with Crippen LogP contribution in [-0.2, 0) is 14.8 Å². The summed E-state index contributed by atoms with van der Waals surface area (Å²) >= 11 is 0. The standard InChI is InChI=1S/C19H24FN5O3S/c20-13-3-1-5-17(7-13)29(27,28)25-11-15-8-16(25)10-23(15)12-18(22)19(26)24-6-2-4-14(24)9-21/h1,3,5,7,14-16,18H,2,4,6,8,10-12,22H2/t14-,15+,16+,18-/m0/s1. The van der Waals surface area contributed by atoms with E-state index < -0.39 is 27.9 Å². The highest BCUT2D eigenvalue weighted by atomic mass is 32.2. The van der Waals surface area contributed by atoms with Gasteiger partial charge in [0, 0.05) is 38.3 Å². The highest BCUT2D eigenvalue weighted by Crippen LogP contribution is 2.35. The van der Waals surface area contributed by atoms with E-state index in [1.165, 1.54) is 22.5 Å². The molecule has 29 heavy (non-hydrogen) atoms. The van der Waals surface area contributed by atoms with E-state index in [9.17, 15) is 22.9 Å². The zero-order valence-electron chi connectivity index (χ0n) is 15.9. The summed E-state index contributed by atoms with van der Waals surface area (Å²) in [5, 5.41) is 9.17. The summed E-state index contributed by atoms with van der Waals surface area (Å²) in [6.07, 6.45) is 2.15. The lowest BCUT2D eigenvalue weighted by molar-refractivity contribution is -0.133. The minimum Gasteiger partial charge on any atom is -0.325 e. The van der Waals surface area contributed by atoms with Gasteiger partial charge in [-0.25, -0.2) is 12.8 Å². The fourth-order valence-electron chi connectivity index (χ4n) is 4.70. The third-order valence-electron chi connectivity index (χ3n) is 6.14. The lowest BCUT2D eigenvalue weighted by Gasteiger charge is -2.35. The van der Waals surface area contributed by atoms with Crippen molar-refractivity contribution in [3.05, 3.63) is 30.1 Å². The van der Waals surface area contributed by atoms with Gasteiger partial charge in [0.25, 0.3) is 0 Å². The van der Waals surface area contributed by atoms with Gasteiger partial charge in [-0.2, -0.15) is 9.57 Å². The Kier molecular flexibility index (Phi) is 5.33. The lowest BCUT2D eigenvalue weighted by Crippen LogP contribution is -2.55. The van der Waals surface area contributed by atoms with Crippen LogP contribution in [0.1, 0.15) is 19.3 Å². The second-order valence-electron chi connectivity index (χ2n) is 7.95. The molecule has 0 aromatic heterocycles. The maximum absolute atomic E-state index is 13.5. The molecule has 3 aliphatic rings. The van der Waals surface area contributed by atoms with Gasteiger partial charge in [-0.3, -0.25) is 9.69 Å². The summed E-state index contributed by atoms with van der Waals surface area (Å²) in [4.78, 5) is 16.2. The molecule has 0 aliphatic carbocycles. The van der Waals surface area contributed by atoms with Crippen LogP contribution >= 0.6 is 0 Å². The van der Waals surface area contributed by atoms with E-state index in [0.29, 0.717) is 39.0 Å². The molecule has 3 saturated heterocycles. The second kappa shape index (κ2) is 7.65. The number of likely N-dealkylation sites (tertiary alicyclic amines) is 2. The number of nitriles is 1. The van der Waals surface area contributed by atoms with E-state index in [-0.39, 0.29) is 22.9 Å². The van der Waals surface area contributed by atoms with Gasteiger partial charge in [0.15, 0.2) is 0 Å². The summed E-state index contributed by atoms with van der Waals surface area (Å²) in [5.74, 6) is -0.805. The number of hydrogen-bond acceptors (Lipinski definition) is 6. The molecule has 0 saturated carbocycles. The Morgan fingerprint density at radius 3 is 2.79 bits per heavy atom. The van der Waals surface area contributed by atoms with Crippen molar-refractivity contribution in [2.24, 2.45) is 5.73 Å². The Morgan fingerprint density at radius 2 is 2.14 bits per heavy atom. The summed E-state index contributed by atoms with van der Waals surface area (Å²) in [6.45, 7) is 1.68. The van der Waals surface area contributed by atoms with Gasteiger partial charge in [0.2, 0.25) is 15.9 Å². The fraction of sp³-hybridized carbons (Fsp3) is 0.579. The molecule has 1 aromatic carbocycles. The number of benzene rings is 1. The molecule has 10 heteroatoms. The van der Waals surface area contributed by atoms with Gasteiger partial charge in [0.1, 0.15) is 11.9 Å². The van der Waals surface area contributed by atoms with Crippen LogP contribution in [0.25, 0.3) is 0 Å². The number of nitrogens with zero attached hydrogens (tertiary/aromatic N) is 4. The third kappa shape index (κ3) is 3.64. The van der Waals surface area contributed by atoms with Crippen LogP contribution in [0.4, 0.5) is 4.39 Å². The number of nitrogens with two attached hydrogens (primary N) is 1. The van der Waals surface area contributed by atoms with Gasteiger partial charge in [-0.05, 0) is 37.5 Å². The van der Waals surface area contributed by atoms with Crippen molar-refractivity contribution in [1.82, 2.24) is 14.1 Å².